The largest absolute Gasteiger partial charge is 0.493 e. The van der Waals surface area contributed by atoms with E-state index in [1.54, 1.807) is 24.3 Å². The zero-order valence-electron chi connectivity index (χ0n) is 14.0. The minimum absolute atomic E-state index is 0.116. The summed E-state index contributed by atoms with van der Waals surface area (Å²) in [5.41, 5.74) is 1.06. The van der Waals surface area contributed by atoms with Crippen molar-refractivity contribution in [2.45, 2.75) is 6.92 Å². The molecular weight excluding hydrogens is 354 g/mol. The molecule has 0 spiro atoms. The van der Waals surface area contributed by atoms with Crippen molar-refractivity contribution < 1.29 is 19.1 Å². The number of carbonyl (C=O) groups is 1. The first kappa shape index (κ1) is 16.5. The summed E-state index contributed by atoms with van der Waals surface area (Å²) in [5, 5.41) is 19.0. The van der Waals surface area contributed by atoms with Crippen molar-refractivity contribution >= 4 is 17.1 Å². The fourth-order valence-electron chi connectivity index (χ4n) is 2.64. The second-order valence-corrected chi connectivity index (χ2v) is 5.52. The smallest absolute Gasteiger partial charge is 0.371 e. The Morgan fingerprint density at radius 3 is 2.85 bits per heavy atom. The van der Waals surface area contributed by atoms with Crippen LogP contribution in [-0.4, -0.2) is 43.1 Å². The number of H-pyrrole nitrogens is 2. The van der Waals surface area contributed by atoms with Gasteiger partial charge in [0, 0.05) is 5.56 Å². The number of hydrogen-bond acceptors (Lipinski definition) is 7. The lowest BCUT2D eigenvalue weighted by molar-refractivity contribution is 0.0663. The Kier molecular flexibility index (Phi) is 3.92. The van der Waals surface area contributed by atoms with Crippen LogP contribution in [-0.2, 0) is 0 Å². The maximum absolute atomic E-state index is 12.1. The van der Waals surface area contributed by atoms with Crippen LogP contribution < -0.4 is 10.3 Å². The summed E-state index contributed by atoms with van der Waals surface area (Å²) < 4.78 is 11.0. The van der Waals surface area contributed by atoms with Gasteiger partial charge in [-0.05, 0) is 31.2 Å². The number of rotatable bonds is 5. The van der Waals surface area contributed by atoms with E-state index in [2.05, 4.69) is 25.4 Å². The number of nitrogens with one attached hydrogen (secondary N) is 2. The second-order valence-electron chi connectivity index (χ2n) is 5.52. The highest BCUT2D eigenvalue weighted by molar-refractivity contribution is 5.85. The zero-order chi connectivity index (χ0) is 19.0. The van der Waals surface area contributed by atoms with E-state index in [0.29, 0.717) is 29.2 Å². The van der Waals surface area contributed by atoms with Gasteiger partial charge >= 0.3 is 5.97 Å². The molecule has 4 aromatic rings. The van der Waals surface area contributed by atoms with Gasteiger partial charge in [0.2, 0.25) is 11.4 Å². The summed E-state index contributed by atoms with van der Waals surface area (Å²) in [6.07, 6.45) is 0. The predicted molar refractivity (Wildman–Crippen MR) is 93.6 cm³/mol. The van der Waals surface area contributed by atoms with E-state index in [0.717, 1.165) is 0 Å². The molecule has 0 aliphatic rings. The van der Waals surface area contributed by atoms with E-state index < -0.39 is 11.5 Å². The lowest BCUT2D eigenvalue weighted by Crippen LogP contribution is -2.10. The van der Waals surface area contributed by atoms with Crippen molar-refractivity contribution in [2.24, 2.45) is 0 Å². The number of nitrogens with zero attached hydrogens (tertiary/aromatic N) is 3. The van der Waals surface area contributed by atoms with E-state index in [1.807, 2.05) is 6.92 Å². The fraction of sp³-hybridized carbons (Fsp3) is 0.118. The van der Waals surface area contributed by atoms with Gasteiger partial charge in [0.15, 0.2) is 5.52 Å². The van der Waals surface area contributed by atoms with E-state index in [4.69, 9.17) is 14.3 Å². The molecular formula is C17H13N5O5. The number of carboxylic acid groups (broad SMARTS) is 1. The van der Waals surface area contributed by atoms with Crippen molar-refractivity contribution in [1.82, 2.24) is 25.4 Å². The number of ether oxygens (including phenoxy) is 1. The molecule has 3 N–H and O–H groups in total. The van der Waals surface area contributed by atoms with Crippen LogP contribution in [0.5, 0.6) is 5.75 Å². The molecule has 0 bridgehead atoms. The molecule has 0 saturated heterocycles. The summed E-state index contributed by atoms with van der Waals surface area (Å²) in [7, 11) is 0. The van der Waals surface area contributed by atoms with Crippen molar-refractivity contribution in [3.8, 4) is 28.5 Å². The molecule has 0 fully saturated rings. The highest BCUT2D eigenvalue weighted by Crippen LogP contribution is 2.33. The normalized spacial score (nSPS) is 11.0. The lowest BCUT2D eigenvalue weighted by atomic mass is 10.1. The molecule has 136 valence electrons. The Morgan fingerprint density at radius 1 is 1.26 bits per heavy atom. The highest BCUT2D eigenvalue weighted by atomic mass is 16.5. The van der Waals surface area contributed by atoms with Gasteiger partial charge in [-0.2, -0.15) is 5.21 Å². The van der Waals surface area contributed by atoms with Crippen molar-refractivity contribution in [2.75, 3.05) is 6.61 Å². The van der Waals surface area contributed by atoms with Crippen LogP contribution >= 0.6 is 0 Å². The summed E-state index contributed by atoms with van der Waals surface area (Å²) in [6.45, 7) is 2.20. The van der Waals surface area contributed by atoms with Crippen LogP contribution in [0, 0.1) is 0 Å². The molecule has 0 aliphatic carbocycles. The van der Waals surface area contributed by atoms with E-state index in [9.17, 15) is 9.59 Å². The summed E-state index contributed by atoms with van der Waals surface area (Å²) in [5.74, 6) is -0.190. The molecule has 0 amide bonds. The van der Waals surface area contributed by atoms with Gasteiger partial charge < -0.3 is 19.2 Å². The molecule has 4 rings (SSSR count). The number of hydrogen-bond donors (Lipinski definition) is 3. The monoisotopic (exact) mass is 367 g/mol. The number of carboxylic acids is 1. The third kappa shape index (κ3) is 2.92. The molecule has 0 atom stereocenters. The Morgan fingerprint density at radius 2 is 2.11 bits per heavy atom. The summed E-state index contributed by atoms with van der Waals surface area (Å²) in [4.78, 5) is 30.1. The molecule has 3 aromatic heterocycles. The van der Waals surface area contributed by atoms with E-state index >= 15 is 0 Å². The number of aromatic nitrogens is 5. The average molecular weight is 367 g/mol. The minimum atomic E-state index is -1.15. The van der Waals surface area contributed by atoms with Gasteiger partial charge in [0.25, 0.3) is 5.56 Å². The SMILES string of the molecule is CCOc1cc(-c2ccc(C(=O)O)o2)ccc1-c1nc2n[nH]nc2c(=O)[nH]1. The fourth-order valence-corrected chi connectivity index (χ4v) is 2.64. The Bertz CT molecular complexity index is 1210. The zero-order valence-corrected chi connectivity index (χ0v) is 14.0. The van der Waals surface area contributed by atoms with Gasteiger partial charge in [0.05, 0.1) is 12.2 Å². The molecule has 0 radical (unpaired) electrons. The van der Waals surface area contributed by atoms with E-state index in [1.165, 1.54) is 6.07 Å². The van der Waals surface area contributed by atoms with Crippen LogP contribution in [0.2, 0.25) is 0 Å². The molecule has 3 heterocycles. The van der Waals surface area contributed by atoms with E-state index in [-0.39, 0.29) is 22.7 Å². The molecule has 0 aliphatic heterocycles. The number of fused-ring (bicyclic) bond motifs is 1. The van der Waals surface area contributed by atoms with Gasteiger partial charge in [-0.15, -0.1) is 10.2 Å². The van der Waals surface area contributed by atoms with Crippen LogP contribution in [0.3, 0.4) is 0 Å². The molecule has 0 unspecified atom stereocenters. The Hall–Kier alpha value is -3.95. The maximum Gasteiger partial charge on any atom is 0.371 e. The van der Waals surface area contributed by atoms with Crippen molar-refractivity contribution in [3.63, 3.8) is 0 Å². The third-order valence-corrected chi connectivity index (χ3v) is 3.83. The second kappa shape index (κ2) is 6.41. The summed E-state index contributed by atoms with van der Waals surface area (Å²) >= 11 is 0. The first-order valence-corrected chi connectivity index (χ1v) is 7.98. The number of furan rings is 1. The number of aromatic carboxylic acids is 1. The first-order valence-electron chi connectivity index (χ1n) is 7.98. The van der Waals surface area contributed by atoms with Gasteiger partial charge in [0.1, 0.15) is 17.3 Å². The average Bonchev–Trinajstić information content (AvgIpc) is 3.31. The standard InChI is InChI=1S/C17H13N5O5/c1-2-26-12-7-8(10-5-6-11(27-10)17(24)25)3-4-9(12)14-18-15-13(16(23)19-14)20-22-21-15/h3-7H,2H2,1H3,(H,24,25)(H2,18,19,20,21,22,23). The van der Waals surface area contributed by atoms with Crippen LogP contribution in [0.1, 0.15) is 17.5 Å². The predicted octanol–water partition coefficient (Wildman–Crippen LogP) is 2.07. The maximum atomic E-state index is 12.1. The Balaban J connectivity index is 1.82. The van der Waals surface area contributed by atoms with Crippen molar-refractivity contribution in [3.05, 3.63) is 46.4 Å². The van der Waals surface area contributed by atoms with Crippen LogP contribution in [0.25, 0.3) is 33.9 Å². The van der Waals surface area contributed by atoms with Crippen LogP contribution in [0.4, 0.5) is 0 Å². The topological polar surface area (TPSA) is 147 Å². The number of benzene rings is 1. The third-order valence-electron chi connectivity index (χ3n) is 3.83. The molecule has 0 saturated carbocycles. The van der Waals surface area contributed by atoms with Crippen LogP contribution in [0.15, 0.2) is 39.5 Å². The van der Waals surface area contributed by atoms with Gasteiger partial charge in [-0.25, -0.2) is 9.78 Å². The van der Waals surface area contributed by atoms with Gasteiger partial charge in [-0.3, -0.25) is 4.79 Å². The minimum Gasteiger partial charge on any atom is -0.493 e. The summed E-state index contributed by atoms with van der Waals surface area (Å²) in [6, 6.07) is 8.05. The Labute approximate surface area is 150 Å². The lowest BCUT2D eigenvalue weighted by Gasteiger charge is -2.11. The quantitative estimate of drug-likeness (QED) is 0.485. The number of aromatic amines is 2. The molecule has 1 aromatic carbocycles. The molecule has 10 heteroatoms. The first-order chi connectivity index (χ1) is 13.1. The van der Waals surface area contributed by atoms with Gasteiger partial charge in [-0.1, -0.05) is 6.07 Å². The highest BCUT2D eigenvalue weighted by Gasteiger charge is 2.16. The molecule has 10 nitrogen and oxygen atoms in total. The van der Waals surface area contributed by atoms with Crippen molar-refractivity contribution in [1.29, 1.82) is 0 Å². The molecule has 27 heavy (non-hydrogen) atoms.